The number of aryl methyl sites for hydroxylation is 1. The maximum absolute atomic E-state index is 13.5. The summed E-state index contributed by atoms with van der Waals surface area (Å²) < 4.78 is 14.7. The lowest BCUT2D eigenvalue weighted by atomic mass is 10.2. The Balaban J connectivity index is 1.59. The largest absolute Gasteiger partial charge is 0.338 e. The number of hydrogen-bond donors (Lipinski definition) is 2. The highest BCUT2D eigenvalue weighted by atomic mass is 19.1. The van der Waals surface area contributed by atoms with E-state index in [1.54, 1.807) is 30.3 Å². The first-order valence-electron chi connectivity index (χ1n) is 9.19. The number of aromatic nitrogens is 4. The average molecular weight is 391 g/mol. The molecule has 7 nitrogen and oxygen atoms in total. The summed E-state index contributed by atoms with van der Waals surface area (Å²) in [4.78, 5) is 31.9. The van der Waals surface area contributed by atoms with Crippen LogP contribution in [0.15, 0.2) is 59.4 Å². The Kier molecular flexibility index (Phi) is 4.90. The number of halogens is 1. The van der Waals surface area contributed by atoms with E-state index in [4.69, 9.17) is 0 Å². The molecule has 4 aromatic rings. The van der Waals surface area contributed by atoms with Gasteiger partial charge in [0.1, 0.15) is 17.3 Å². The molecule has 0 aliphatic carbocycles. The molecule has 2 heterocycles. The molecule has 146 valence electrons. The molecule has 0 aliphatic rings. The number of fused-ring (bicyclic) bond motifs is 1. The van der Waals surface area contributed by atoms with Crippen molar-refractivity contribution in [3.8, 4) is 11.4 Å². The summed E-state index contributed by atoms with van der Waals surface area (Å²) >= 11 is 0. The van der Waals surface area contributed by atoms with Crippen LogP contribution in [0, 0.1) is 5.82 Å². The van der Waals surface area contributed by atoms with Gasteiger partial charge in [0, 0.05) is 23.9 Å². The third kappa shape index (κ3) is 3.91. The predicted octanol–water partition coefficient (Wildman–Crippen LogP) is 3.59. The number of H-pyrrole nitrogens is 1. The topological polar surface area (TPSA) is 92.7 Å². The van der Waals surface area contributed by atoms with Gasteiger partial charge in [-0.25, -0.2) is 14.1 Å². The zero-order valence-electron chi connectivity index (χ0n) is 15.6. The molecule has 4 rings (SSSR count). The highest BCUT2D eigenvalue weighted by Gasteiger charge is 2.12. The minimum absolute atomic E-state index is 0.156. The van der Waals surface area contributed by atoms with Crippen molar-refractivity contribution in [2.45, 2.75) is 19.9 Å². The maximum Gasteiger partial charge on any atom is 0.276 e. The van der Waals surface area contributed by atoms with E-state index in [1.165, 1.54) is 28.9 Å². The van der Waals surface area contributed by atoms with E-state index in [0.29, 0.717) is 34.7 Å². The second kappa shape index (κ2) is 7.67. The SMILES string of the molecule is CCCn1nc(C(=O)Nc2ccc3nc(-c4cccc(F)c4)[nH]c3c2)ccc1=O. The van der Waals surface area contributed by atoms with Crippen molar-refractivity contribution in [2.75, 3.05) is 5.32 Å². The molecular formula is C21H18FN5O2. The van der Waals surface area contributed by atoms with Crippen molar-refractivity contribution < 1.29 is 9.18 Å². The van der Waals surface area contributed by atoms with Crippen LogP contribution in [-0.2, 0) is 6.54 Å². The predicted molar refractivity (Wildman–Crippen MR) is 108 cm³/mol. The van der Waals surface area contributed by atoms with Crippen LogP contribution in [0.2, 0.25) is 0 Å². The molecule has 0 saturated heterocycles. The van der Waals surface area contributed by atoms with Crippen LogP contribution >= 0.6 is 0 Å². The minimum atomic E-state index is -0.418. The van der Waals surface area contributed by atoms with Gasteiger partial charge in [-0.3, -0.25) is 9.59 Å². The maximum atomic E-state index is 13.5. The van der Waals surface area contributed by atoms with Crippen molar-refractivity contribution in [1.82, 2.24) is 19.7 Å². The fourth-order valence-corrected chi connectivity index (χ4v) is 3.00. The molecule has 2 N–H and O–H groups in total. The smallest absolute Gasteiger partial charge is 0.276 e. The summed E-state index contributed by atoms with van der Waals surface area (Å²) in [6.07, 6.45) is 0.738. The first-order valence-corrected chi connectivity index (χ1v) is 9.19. The van der Waals surface area contributed by atoms with Gasteiger partial charge in [0.25, 0.3) is 11.5 Å². The molecule has 1 amide bonds. The van der Waals surface area contributed by atoms with Gasteiger partial charge in [-0.15, -0.1) is 0 Å². The van der Waals surface area contributed by atoms with Crippen molar-refractivity contribution in [2.24, 2.45) is 0 Å². The number of imidazole rings is 1. The van der Waals surface area contributed by atoms with Crippen LogP contribution in [0.25, 0.3) is 22.4 Å². The molecule has 0 spiro atoms. The Morgan fingerprint density at radius 1 is 1.17 bits per heavy atom. The number of aromatic amines is 1. The number of anilines is 1. The van der Waals surface area contributed by atoms with Gasteiger partial charge in [-0.05, 0) is 42.8 Å². The van der Waals surface area contributed by atoms with Crippen LogP contribution in [0.3, 0.4) is 0 Å². The monoisotopic (exact) mass is 391 g/mol. The van der Waals surface area contributed by atoms with Gasteiger partial charge in [0.15, 0.2) is 0 Å². The molecule has 8 heteroatoms. The van der Waals surface area contributed by atoms with Gasteiger partial charge in [-0.2, -0.15) is 5.10 Å². The molecule has 0 bridgehead atoms. The molecule has 0 aliphatic heterocycles. The Bertz CT molecular complexity index is 1260. The Morgan fingerprint density at radius 2 is 2.03 bits per heavy atom. The zero-order chi connectivity index (χ0) is 20.4. The summed E-state index contributed by atoms with van der Waals surface area (Å²) in [7, 11) is 0. The number of nitrogens with zero attached hydrogens (tertiary/aromatic N) is 3. The Morgan fingerprint density at radius 3 is 2.83 bits per heavy atom. The third-order valence-corrected chi connectivity index (χ3v) is 4.37. The molecule has 2 aromatic heterocycles. The van der Waals surface area contributed by atoms with E-state index in [0.717, 1.165) is 6.42 Å². The fourth-order valence-electron chi connectivity index (χ4n) is 3.00. The quantitative estimate of drug-likeness (QED) is 0.544. The molecule has 29 heavy (non-hydrogen) atoms. The number of benzene rings is 2. The minimum Gasteiger partial charge on any atom is -0.338 e. The van der Waals surface area contributed by atoms with E-state index in [9.17, 15) is 14.0 Å². The summed E-state index contributed by atoms with van der Waals surface area (Å²) in [5, 5.41) is 6.88. The van der Waals surface area contributed by atoms with Crippen molar-refractivity contribution in [3.05, 3.63) is 76.5 Å². The van der Waals surface area contributed by atoms with E-state index in [2.05, 4.69) is 20.4 Å². The average Bonchev–Trinajstić information content (AvgIpc) is 3.13. The summed E-state index contributed by atoms with van der Waals surface area (Å²) in [5.74, 6) is -0.219. The molecule has 0 saturated carbocycles. The van der Waals surface area contributed by atoms with Gasteiger partial charge >= 0.3 is 0 Å². The number of amides is 1. The normalized spacial score (nSPS) is 11.0. The van der Waals surface area contributed by atoms with Crippen LogP contribution in [-0.4, -0.2) is 25.7 Å². The number of carbonyl (C=O) groups is 1. The molecule has 0 radical (unpaired) electrons. The number of hydrogen-bond acceptors (Lipinski definition) is 4. The molecule has 0 unspecified atom stereocenters. The lowest BCUT2D eigenvalue weighted by Crippen LogP contribution is -2.26. The Hall–Kier alpha value is -3.81. The van der Waals surface area contributed by atoms with Crippen LogP contribution in [0.1, 0.15) is 23.8 Å². The molecule has 2 aromatic carbocycles. The second-order valence-electron chi connectivity index (χ2n) is 6.56. The zero-order valence-corrected chi connectivity index (χ0v) is 15.6. The van der Waals surface area contributed by atoms with E-state index >= 15 is 0 Å². The van der Waals surface area contributed by atoms with E-state index in [-0.39, 0.29) is 17.1 Å². The van der Waals surface area contributed by atoms with Gasteiger partial charge in [-0.1, -0.05) is 19.1 Å². The lowest BCUT2D eigenvalue weighted by molar-refractivity contribution is 0.102. The summed E-state index contributed by atoms with van der Waals surface area (Å²) in [5.41, 5.74) is 2.49. The van der Waals surface area contributed by atoms with E-state index in [1.807, 2.05) is 6.92 Å². The van der Waals surface area contributed by atoms with Crippen LogP contribution in [0.5, 0.6) is 0 Å². The van der Waals surface area contributed by atoms with Gasteiger partial charge in [0.05, 0.1) is 11.0 Å². The highest BCUT2D eigenvalue weighted by molar-refractivity contribution is 6.03. The first-order chi connectivity index (χ1) is 14.0. The van der Waals surface area contributed by atoms with E-state index < -0.39 is 5.91 Å². The van der Waals surface area contributed by atoms with Crippen LogP contribution < -0.4 is 10.9 Å². The third-order valence-electron chi connectivity index (χ3n) is 4.37. The summed E-state index contributed by atoms with van der Waals surface area (Å²) in [6.45, 7) is 2.38. The Labute approximate surface area is 165 Å². The first kappa shape index (κ1) is 18.5. The van der Waals surface area contributed by atoms with Gasteiger partial charge < -0.3 is 10.3 Å². The van der Waals surface area contributed by atoms with Gasteiger partial charge in [0.2, 0.25) is 0 Å². The molecule has 0 atom stereocenters. The van der Waals surface area contributed by atoms with Crippen molar-refractivity contribution in [3.63, 3.8) is 0 Å². The molecular weight excluding hydrogens is 373 g/mol. The second-order valence-corrected chi connectivity index (χ2v) is 6.56. The van der Waals surface area contributed by atoms with Crippen LogP contribution in [0.4, 0.5) is 10.1 Å². The summed E-state index contributed by atoms with van der Waals surface area (Å²) in [6, 6.07) is 14.1. The van der Waals surface area contributed by atoms with Crippen molar-refractivity contribution >= 4 is 22.6 Å². The fraction of sp³-hybridized carbons (Fsp3) is 0.143. The number of carbonyl (C=O) groups excluding carboxylic acids is 1. The standard InChI is InChI=1S/C21H18FN5O2/c1-2-10-27-19(28)9-8-17(26-27)21(29)23-15-6-7-16-18(12-15)25-20(24-16)13-4-3-5-14(22)11-13/h3-9,11-12H,2,10H2,1H3,(H,23,29)(H,24,25). The van der Waals surface area contributed by atoms with Crippen molar-refractivity contribution in [1.29, 1.82) is 0 Å². The number of nitrogens with one attached hydrogen (secondary N) is 2. The lowest BCUT2D eigenvalue weighted by Gasteiger charge is -2.07. The highest BCUT2D eigenvalue weighted by Crippen LogP contribution is 2.23. The number of rotatable bonds is 5. The molecule has 0 fully saturated rings.